The van der Waals surface area contributed by atoms with Gasteiger partial charge in [0.1, 0.15) is 11.5 Å². The van der Waals surface area contributed by atoms with Gasteiger partial charge in [-0.1, -0.05) is 51.3 Å². The number of rotatable bonds is 6. The van der Waals surface area contributed by atoms with Crippen LogP contribution in [0.5, 0.6) is 11.5 Å². The van der Waals surface area contributed by atoms with E-state index in [0.717, 1.165) is 4.47 Å². The first-order valence-corrected chi connectivity index (χ1v) is 9.64. The number of carbonyl (C=O) groups is 2. The number of halogens is 3. The fourth-order valence-corrected chi connectivity index (χ4v) is 2.88. The molecule has 0 atom stereocenters. The molecule has 148 valence electrons. The molecule has 3 N–H and O–H groups in total. The summed E-state index contributed by atoms with van der Waals surface area (Å²) >= 11 is 20.1. The van der Waals surface area contributed by atoms with Crippen LogP contribution in [0.2, 0.25) is 10.0 Å². The Kier molecular flexibility index (Phi) is 8.78. The topological polar surface area (TPSA) is 88.7 Å². The quantitative estimate of drug-likeness (QED) is 0.411. The van der Waals surface area contributed by atoms with Gasteiger partial charge in [0.05, 0.1) is 10.0 Å². The molecule has 0 aromatic heterocycles. The monoisotopic (exact) mass is 505 g/mol. The highest BCUT2D eigenvalue weighted by Crippen LogP contribution is 2.27. The molecule has 7 nitrogen and oxygen atoms in total. The highest BCUT2D eigenvalue weighted by Gasteiger charge is 2.10. The number of benzene rings is 2. The fourth-order valence-electron chi connectivity index (χ4n) is 1.80. The van der Waals surface area contributed by atoms with Gasteiger partial charge in [0, 0.05) is 4.47 Å². The smallest absolute Gasteiger partial charge is 0.276 e. The minimum atomic E-state index is -0.530. The minimum absolute atomic E-state index is 0.110. The van der Waals surface area contributed by atoms with E-state index in [1.165, 1.54) is 0 Å². The summed E-state index contributed by atoms with van der Waals surface area (Å²) in [4.78, 5) is 23.6. The molecule has 0 fully saturated rings. The molecule has 2 aromatic carbocycles. The zero-order valence-corrected chi connectivity index (χ0v) is 18.0. The van der Waals surface area contributed by atoms with E-state index in [2.05, 4.69) is 32.1 Å². The van der Waals surface area contributed by atoms with Crippen LogP contribution in [0.1, 0.15) is 0 Å². The zero-order valence-electron chi connectivity index (χ0n) is 14.1. The van der Waals surface area contributed by atoms with E-state index < -0.39 is 11.8 Å². The molecule has 28 heavy (non-hydrogen) atoms. The Labute approximate surface area is 184 Å². The van der Waals surface area contributed by atoms with E-state index in [4.69, 9.17) is 44.9 Å². The van der Waals surface area contributed by atoms with Crippen molar-refractivity contribution in [2.45, 2.75) is 0 Å². The molecule has 0 aliphatic heterocycles. The molecular weight excluding hydrogens is 493 g/mol. The van der Waals surface area contributed by atoms with Crippen LogP contribution in [0.25, 0.3) is 0 Å². The third-order valence-electron chi connectivity index (χ3n) is 3.02. The molecule has 2 amide bonds. The number of hydrogen-bond acceptors (Lipinski definition) is 5. The Morgan fingerprint density at radius 3 is 2.25 bits per heavy atom. The molecule has 0 unspecified atom stereocenters. The second-order valence-electron chi connectivity index (χ2n) is 5.13. The summed E-state index contributed by atoms with van der Waals surface area (Å²) in [5, 5.41) is 2.98. The van der Waals surface area contributed by atoms with E-state index in [9.17, 15) is 9.59 Å². The Morgan fingerprint density at radius 1 is 0.929 bits per heavy atom. The molecule has 0 aliphatic carbocycles. The number of hydrazine groups is 1. The summed E-state index contributed by atoms with van der Waals surface area (Å²) in [6.07, 6.45) is 0. The lowest BCUT2D eigenvalue weighted by Gasteiger charge is -2.12. The fraction of sp³-hybridized carbons (Fsp3) is 0.118. The molecule has 0 saturated heterocycles. The van der Waals surface area contributed by atoms with Gasteiger partial charge < -0.3 is 9.47 Å². The standard InChI is InChI=1S/C17H14BrCl2N3O4S/c18-10-5-6-14(12(20)7-10)26-8-15(24)21-17(28)23-22-16(25)9-27-13-4-2-1-3-11(13)19/h1-7H,8-9H2,(H,22,25)(H2,21,23,24,28). The zero-order chi connectivity index (χ0) is 20.5. The van der Waals surface area contributed by atoms with Gasteiger partial charge in [-0.05, 0) is 42.5 Å². The second-order valence-corrected chi connectivity index (χ2v) is 7.27. The van der Waals surface area contributed by atoms with Gasteiger partial charge in [-0.2, -0.15) is 0 Å². The Morgan fingerprint density at radius 2 is 1.57 bits per heavy atom. The van der Waals surface area contributed by atoms with Crippen LogP contribution in [0.4, 0.5) is 0 Å². The van der Waals surface area contributed by atoms with E-state index in [1.54, 1.807) is 42.5 Å². The third kappa shape index (κ3) is 7.51. The van der Waals surface area contributed by atoms with Gasteiger partial charge in [0.15, 0.2) is 18.3 Å². The number of carbonyl (C=O) groups excluding carboxylic acids is 2. The Hall–Kier alpha value is -2.07. The highest BCUT2D eigenvalue weighted by molar-refractivity contribution is 9.10. The van der Waals surface area contributed by atoms with Gasteiger partial charge >= 0.3 is 0 Å². The first kappa shape index (κ1) is 22.2. The minimum Gasteiger partial charge on any atom is -0.482 e. The lowest BCUT2D eigenvalue weighted by molar-refractivity contribution is -0.124. The first-order chi connectivity index (χ1) is 13.3. The molecule has 0 saturated carbocycles. The average molecular weight is 507 g/mol. The molecule has 0 heterocycles. The van der Waals surface area contributed by atoms with Crippen molar-refractivity contribution in [1.29, 1.82) is 0 Å². The van der Waals surface area contributed by atoms with Crippen LogP contribution in [0.3, 0.4) is 0 Å². The van der Waals surface area contributed by atoms with Crippen molar-refractivity contribution in [3.05, 3.63) is 57.0 Å². The SMILES string of the molecule is O=C(COc1ccccc1Cl)NNC(=S)NC(=O)COc1ccc(Br)cc1Cl. The maximum absolute atomic E-state index is 11.8. The van der Waals surface area contributed by atoms with Crippen LogP contribution < -0.4 is 25.6 Å². The van der Waals surface area contributed by atoms with Gasteiger partial charge in [0.25, 0.3) is 11.8 Å². The van der Waals surface area contributed by atoms with Gasteiger partial charge in [-0.15, -0.1) is 0 Å². The van der Waals surface area contributed by atoms with Crippen molar-refractivity contribution in [2.75, 3.05) is 13.2 Å². The van der Waals surface area contributed by atoms with Gasteiger partial charge in [-0.25, -0.2) is 0 Å². The maximum Gasteiger partial charge on any atom is 0.276 e. The number of nitrogens with one attached hydrogen (secondary N) is 3. The van der Waals surface area contributed by atoms with Gasteiger partial charge in [-0.3, -0.25) is 25.8 Å². The van der Waals surface area contributed by atoms with Crippen LogP contribution in [-0.4, -0.2) is 30.1 Å². The number of thiocarbonyl (C=S) groups is 1. The highest BCUT2D eigenvalue weighted by atomic mass is 79.9. The lowest BCUT2D eigenvalue weighted by atomic mass is 10.3. The molecule has 0 bridgehead atoms. The van der Waals surface area contributed by atoms with Crippen molar-refractivity contribution in [1.82, 2.24) is 16.2 Å². The van der Waals surface area contributed by atoms with E-state index >= 15 is 0 Å². The van der Waals surface area contributed by atoms with E-state index in [1.807, 2.05) is 0 Å². The van der Waals surface area contributed by atoms with Crippen molar-refractivity contribution in [3.8, 4) is 11.5 Å². The molecule has 0 spiro atoms. The molecule has 2 aromatic rings. The van der Waals surface area contributed by atoms with E-state index in [0.29, 0.717) is 21.5 Å². The number of para-hydroxylation sites is 1. The van der Waals surface area contributed by atoms with E-state index in [-0.39, 0.29) is 18.3 Å². The summed E-state index contributed by atoms with van der Waals surface area (Å²) in [5.74, 6) is -0.324. The second kappa shape index (κ2) is 11.1. The van der Waals surface area contributed by atoms with Gasteiger partial charge in [0.2, 0.25) is 0 Å². The number of hydrogen-bond donors (Lipinski definition) is 3. The molecule has 11 heteroatoms. The molecule has 2 rings (SSSR count). The maximum atomic E-state index is 11.8. The summed E-state index contributed by atoms with van der Waals surface area (Å²) < 4.78 is 11.4. The summed E-state index contributed by atoms with van der Waals surface area (Å²) in [5.41, 5.74) is 4.67. The number of ether oxygens (including phenoxy) is 2. The average Bonchev–Trinajstić information content (AvgIpc) is 2.65. The van der Waals surface area contributed by atoms with Crippen LogP contribution >= 0.6 is 51.3 Å². The van der Waals surface area contributed by atoms with Crippen LogP contribution in [0, 0.1) is 0 Å². The first-order valence-electron chi connectivity index (χ1n) is 7.69. The lowest BCUT2D eigenvalue weighted by Crippen LogP contribution is -2.50. The normalized spacial score (nSPS) is 9.96. The van der Waals surface area contributed by atoms with Crippen molar-refractivity contribution in [3.63, 3.8) is 0 Å². The number of amides is 2. The molecule has 0 radical (unpaired) electrons. The summed E-state index contributed by atoms with van der Waals surface area (Å²) in [7, 11) is 0. The van der Waals surface area contributed by atoms with Crippen molar-refractivity contribution in [2.24, 2.45) is 0 Å². The summed E-state index contributed by atoms with van der Waals surface area (Å²) in [6.45, 7) is -0.606. The predicted molar refractivity (Wildman–Crippen MR) is 114 cm³/mol. The van der Waals surface area contributed by atoms with Crippen LogP contribution in [-0.2, 0) is 9.59 Å². The third-order valence-corrected chi connectivity index (χ3v) is 4.32. The Bertz CT molecular complexity index is 885. The molecular formula is C17H14BrCl2N3O4S. The van der Waals surface area contributed by atoms with Crippen molar-refractivity contribution < 1.29 is 19.1 Å². The molecule has 0 aliphatic rings. The Balaban J connectivity index is 1.67. The largest absolute Gasteiger partial charge is 0.482 e. The van der Waals surface area contributed by atoms with Crippen molar-refractivity contribution >= 4 is 68.3 Å². The summed E-state index contributed by atoms with van der Waals surface area (Å²) in [6, 6.07) is 11.7. The predicted octanol–water partition coefficient (Wildman–Crippen LogP) is 3.24. The van der Waals surface area contributed by atoms with Crippen LogP contribution in [0.15, 0.2) is 46.9 Å².